The zero-order valence-electron chi connectivity index (χ0n) is 6.27. The summed E-state index contributed by atoms with van der Waals surface area (Å²) in [4.78, 5) is 20.0. The molecule has 0 aliphatic rings. The first kappa shape index (κ1) is 8.39. The monoisotopic (exact) mass is 165 g/mol. The molecule has 0 aromatic heterocycles. The predicted octanol–water partition coefficient (Wildman–Crippen LogP) is 1.36. The van der Waals surface area contributed by atoms with Gasteiger partial charge in [0.2, 0.25) is 0 Å². The second-order valence-corrected chi connectivity index (χ2v) is 2.09. The lowest BCUT2D eigenvalue weighted by Gasteiger charge is -2.00. The van der Waals surface area contributed by atoms with Crippen molar-refractivity contribution in [3.05, 3.63) is 35.2 Å². The van der Waals surface area contributed by atoms with E-state index in [1.165, 1.54) is 0 Å². The Kier molecular flexibility index (Phi) is 2.95. The van der Waals surface area contributed by atoms with Gasteiger partial charge in [-0.1, -0.05) is 18.2 Å². The number of hydrogen-bond acceptors (Lipinski definition) is 3. The molecule has 0 fully saturated rings. The first-order valence-electron chi connectivity index (χ1n) is 3.37. The summed E-state index contributed by atoms with van der Waals surface area (Å²) < 4.78 is 4.92. The minimum atomic E-state index is -0.807. The molecule has 0 radical (unpaired) electrons. The summed E-state index contributed by atoms with van der Waals surface area (Å²) in [6, 6.07) is 8.76. The number of hydrogen-bond donors (Lipinski definition) is 0. The van der Waals surface area contributed by atoms with Gasteiger partial charge in [0.05, 0.1) is 0 Å². The summed E-state index contributed by atoms with van der Waals surface area (Å²) in [5, 5.41) is 2.19. The van der Waals surface area contributed by atoms with Crippen molar-refractivity contribution in [3.63, 3.8) is 0 Å². The Hall–Kier alpha value is -1.71. The van der Waals surface area contributed by atoms with E-state index in [1.54, 1.807) is 24.3 Å². The molecule has 0 saturated heterocycles. The third-order valence-electron chi connectivity index (χ3n) is 1.21. The molecular weight excluding hydrogens is 158 g/mol. The molecule has 62 valence electrons. The van der Waals surface area contributed by atoms with E-state index in [9.17, 15) is 9.70 Å². The second kappa shape index (κ2) is 4.23. The SMILES string of the molecule is O=NC(=O)COc1ccccc1. The molecule has 1 amide bonds. The number of amides is 1. The molecule has 0 N–H and O–H groups in total. The van der Waals surface area contributed by atoms with Gasteiger partial charge in [0, 0.05) is 5.18 Å². The highest BCUT2D eigenvalue weighted by molar-refractivity contribution is 5.78. The smallest absolute Gasteiger partial charge is 0.323 e. The summed E-state index contributed by atoms with van der Waals surface area (Å²) in [5.41, 5.74) is 0. The van der Waals surface area contributed by atoms with Crippen LogP contribution in [0.3, 0.4) is 0 Å². The average molecular weight is 165 g/mol. The Morgan fingerprint density at radius 2 is 2.00 bits per heavy atom. The van der Waals surface area contributed by atoms with Crippen molar-refractivity contribution < 1.29 is 9.53 Å². The van der Waals surface area contributed by atoms with Crippen molar-refractivity contribution in [2.24, 2.45) is 5.18 Å². The maximum absolute atomic E-state index is 10.4. The van der Waals surface area contributed by atoms with Crippen LogP contribution in [0.15, 0.2) is 35.5 Å². The van der Waals surface area contributed by atoms with Crippen LogP contribution in [0, 0.1) is 4.91 Å². The molecule has 12 heavy (non-hydrogen) atoms. The fourth-order valence-electron chi connectivity index (χ4n) is 0.688. The number of nitrogens with zero attached hydrogens (tertiary/aromatic N) is 1. The largest absolute Gasteiger partial charge is 0.484 e. The molecule has 0 heterocycles. The van der Waals surface area contributed by atoms with E-state index in [2.05, 4.69) is 5.18 Å². The van der Waals surface area contributed by atoms with Crippen molar-refractivity contribution in [2.75, 3.05) is 6.61 Å². The van der Waals surface area contributed by atoms with Crippen LogP contribution >= 0.6 is 0 Å². The Bertz CT molecular complexity index is 271. The van der Waals surface area contributed by atoms with Gasteiger partial charge in [-0.15, -0.1) is 4.91 Å². The van der Waals surface area contributed by atoms with Gasteiger partial charge in [-0.25, -0.2) is 0 Å². The molecule has 1 rings (SSSR count). The summed E-state index contributed by atoms with van der Waals surface area (Å²) >= 11 is 0. The van der Waals surface area contributed by atoms with Gasteiger partial charge in [-0.3, -0.25) is 4.79 Å². The number of ether oxygens (including phenoxy) is 1. The van der Waals surface area contributed by atoms with Crippen LogP contribution in [0.2, 0.25) is 0 Å². The van der Waals surface area contributed by atoms with Crippen LogP contribution in [0.4, 0.5) is 0 Å². The van der Waals surface area contributed by atoms with Gasteiger partial charge < -0.3 is 4.74 Å². The lowest BCUT2D eigenvalue weighted by Crippen LogP contribution is -2.07. The van der Waals surface area contributed by atoms with Crippen LogP contribution in [0.25, 0.3) is 0 Å². The number of benzene rings is 1. The average Bonchev–Trinajstić information content (AvgIpc) is 2.16. The molecular formula is C8H7NO3. The zero-order valence-corrected chi connectivity index (χ0v) is 6.27. The summed E-state index contributed by atoms with van der Waals surface area (Å²) in [7, 11) is 0. The molecule has 4 nitrogen and oxygen atoms in total. The third kappa shape index (κ3) is 2.49. The Morgan fingerprint density at radius 3 is 2.58 bits per heavy atom. The summed E-state index contributed by atoms with van der Waals surface area (Å²) in [6.45, 7) is -0.298. The van der Waals surface area contributed by atoms with E-state index in [0.717, 1.165) is 0 Å². The lowest BCUT2D eigenvalue weighted by atomic mass is 10.3. The maximum Gasteiger partial charge on any atom is 0.323 e. The molecule has 1 aromatic carbocycles. The fraction of sp³-hybridized carbons (Fsp3) is 0.125. The minimum Gasteiger partial charge on any atom is -0.484 e. The highest BCUT2D eigenvalue weighted by Crippen LogP contribution is 2.07. The highest BCUT2D eigenvalue weighted by Gasteiger charge is 2.00. The van der Waals surface area contributed by atoms with Gasteiger partial charge in [-0.2, -0.15) is 0 Å². The van der Waals surface area contributed by atoms with Crippen molar-refractivity contribution in [1.82, 2.24) is 0 Å². The number of carbonyl (C=O) groups excluding carboxylic acids is 1. The Balaban J connectivity index is 2.43. The van der Waals surface area contributed by atoms with Crippen molar-refractivity contribution >= 4 is 5.91 Å². The quantitative estimate of drug-likeness (QED) is 0.635. The lowest BCUT2D eigenvalue weighted by molar-refractivity contribution is -0.119. The Morgan fingerprint density at radius 1 is 1.33 bits per heavy atom. The summed E-state index contributed by atoms with van der Waals surface area (Å²) in [5.74, 6) is -0.256. The number of rotatable bonds is 3. The molecule has 0 bridgehead atoms. The van der Waals surface area contributed by atoms with E-state index in [-0.39, 0.29) is 6.61 Å². The van der Waals surface area contributed by atoms with Crippen molar-refractivity contribution in [1.29, 1.82) is 0 Å². The van der Waals surface area contributed by atoms with E-state index in [0.29, 0.717) is 5.75 Å². The molecule has 0 spiro atoms. The number of carbonyl (C=O) groups is 1. The second-order valence-electron chi connectivity index (χ2n) is 2.09. The first-order chi connectivity index (χ1) is 5.83. The molecule has 0 unspecified atom stereocenters. The highest BCUT2D eigenvalue weighted by atomic mass is 16.5. The topological polar surface area (TPSA) is 55.7 Å². The van der Waals surface area contributed by atoms with Gasteiger partial charge in [0.15, 0.2) is 6.61 Å². The number of para-hydroxylation sites is 1. The number of nitroso groups, excluding NO2 is 1. The van der Waals surface area contributed by atoms with Gasteiger partial charge in [0.1, 0.15) is 5.75 Å². The first-order valence-corrected chi connectivity index (χ1v) is 3.37. The normalized spacial score (nSPS) is 9.00. The maximum atomic E-state index is 10.4. The van der Waals surface area contributed by atoms with Crippen molar-refractivity contribution in [3.8, 4) is 5.75 Å². The van der Waals surface area contributed by atoms with E-state index >= 15 is 0 Å². The van der Waals surface area contributed by atoms with Crippen LogP contribution in [0.5, 0.6) is 5.75 Å². The zero-order chi connectivity index (χ0) is 8.81. The fourth-order valence-corrected chi connectivity index (χ4v) is 0.688. The molecule has 1 aromatic rings. The van der Waals surface area contributed by atoms with E-state index in [4.69, 9.17) is 4.74 Å². The minimum absolute atomic E-state index is 0.298. The van der Waals surface area contributed by atoms with E-state index in [1.807, 2.05) is 6.07 Å². The molecule has 0 atom stereocenters. The molecule has 0 aliphatic carbocycles. The van der Waals surface area contributed by atoms with Crippen LogP contribution < -0.4 is 4.74 Å². The third-order valence-corrected chi connectivity index (χ3v) is 1.21. The van der Waals surface area contributed by atoms with Gasteiger partial charge in [-0.05, 0) is 12.1 Å². The molecule has 4 heteroatoms. The van der Waals surface area contributed by atoms with Crippen LogP contribution in [0.1, 0.15) is 0 Å². The van der Waals surface area contributed by atoms with Gasteiger partial charge >= 0.3 is 5.91 Å². The van der Waals surface area contributed by atoms with E-state index < -0.39 is 5.91 Å². The molecule has 0 aliphatic heterocycles. The summed E-state index contributed by atoms with van der Waals surface area (Å²) in [6.07, 6.45) is 0. The van der Waals surface area contributed by atoms with Crippen LogP contribution in [-0.2, 0) is 4.79 Å². The predicted molar refractivity (Wildman–Crippen MR) is 42.7 cm³/mol. The standard InChI is InChI=1S/C8H7NO3/c10-8(9-11)6-12-7-4-2-1-3-5-7/h1-5H,6H2. The Labute approximate surface area is 69.1 Å². The van der Waals surface area contributed by atoms with Crippen molar-refractivity contribution in [2.45, 2.75) is 0 Å². The van der Waals surface area contributed by atoms with Gasteiger partial charge in [0.25, 0.3) is 0 Å². The molecule has 0 saturated carbocycles. The van der Waals surface area contributed by atoms with Crippen LogP contribution in [-0.4, -0.2) is 12.5 Å².